The van der Waals surface area contributed by atoms with Crippen LogP contribution in [0, 0.1) is 5.92 Å². The van der Waals surface area contributed by atoms with E-state index in [9.17, 15) is 19.2 Å². The molecule has 0 saturated heterocycles. The molecule has 1 N–H and O–H groups in total. The van der Waals surface area contributed by atoms with Crippen molar-refractivity contribution in [3.63, 3.8) is 0 Å². The fraction of sp³-hybridized carbons (Fsp3) is 0.600. The second kappa shape index (κ2) is 7.75. The molecule has 8 heteroatoms. The van der Waals surface area contributed by atoms with Gasteiger partial charge in [0.2, 0.25) is 5.92 Å². The van der Waals surface area contributed by atoms with Crippen molar-refractivity contribution in [2.75, 3.05) is 0 Å². The molecule has 1 rings (SSSR count). The zero-order chi connectivity index (χ0) is 17.6. The molecule has 1 fully saturated rings. The Morgan fingerprint density at radius 2 is 1.74 bits per heavy atom. The number of ether oxygens (including phenoxy) is 3. The van der Waals surface area contributed by atoms with Crippen LogP contribution < -0.4 is 5.32 Å². The minimum absolute atomic E-state index is 0.221. The summed E-state index contributed by atoms with van der Waals surface area (Å²) in [6.45, 7) is 6.18. The fourth-order valence-electron chi connectivity index (χ4n) is 1.43. The molecule has 1 atom stereocenters. The van der Waals surface area contributed by atoms with Crippen LogP contribution in [0.4, 0.5) is 4.79 Å². The van der Waals surface area contributed by atoms with Crippen molar-refractivity contribution >= 4 is 23.8 Å². The molecule has 1 saturated carbocycles. The lowest BCUT2D eigenvalue weighted by Crippen LogP contribution is -2.33. The predicted octanol–water partition coefficient (Wildman–Crippen LogP) is 1.44. The molecule has 0 bridgehead atoms. The quantitative estimate of drug-likeness (QED) is 0.340. The summed E-state index contributed by atoms with van der Waals surface area (Å²) in [5, 5.41) is 2.21. The Morgan fingerprint density at radius 3 is 2.22 bits per heavy atom. The van der Waals surface area contributed by atoms with Gasteiger partial charge in [-0.3, -0.25) is 19.7 Å². The van der Waals surface area contributed by atoms with E-state index in [1.165, 1.54) is 0 Å². The number of hydrogen-bond donors (Lipinski definition) is 1. The van der Waals surface area contributed by atoms with Crippen LogP contribution in [0.5, 0.6) is 0 Å². The van der Waals surface area contributed by atoms with Gasteiger partial charge in [0.05, 0.1) is 0 Å². The minimum Gasteiger partial charge on any atom is -0.461 e. The number of carbonyl (C=O) groups excluding carboxylic acids is 4. The maximum atomic E-state index is 11.8. The molecule has 0 aromatic heterocycles. The minimum atomic E-state index is -1.62. The van der Waals surface area contributed by atoms with Gasteiger partial charge in [0, 0.05) is 6.20 Å². The molecule has 1 aliphatic carbocycles. The Balaban J connectivity index is 2.45. The predicted molar refractivity (Wildman–Crippen MR) is 77.9 cm³/mol. The summed E-state index contributed by atoms with van der Waals surface area (Å²) in [6.07, 6.45) is 2.38. The van der Waals surface area contributed by atoms with Crippen LogP contribution in [0.25, 0.3) is 0 Å². The number of Topliss-reactive ketones (excluding diaryl/α,β-unsaturated/α-hetero) is 1. The molecular weight excluding hydrogens is 306 g/mol. The third kappa shape index (κ3) is 7.44. The summed E-state index contributed by atoms with van der Waals surface area (Å²) in [6, 6.07) is 0. The molecule has 0 heterocycles. The van der Waals surface area contributed by atoms with Crippen molar-refractivity contribution in [3.8, 4) is 0 Å². The Bertz CT molecular complexity index is 514. The highest BCUT2D eigenvalue weighted by molar-refractivity contribution is 6.14. The Morgan fingerprint density at radius 1 is 1.13 bits per heavy atom. The highest BCUT2D eigenvalue weighted by atomic mass is 16.6. The lowest BCUT2D eigenvalue weighted by Gasteiger charge is -2.18. The SMILES string of the molecule is CC(=O)C(C(=O)OC=CNC(=O)OC(C)(C)C)C(=O)OC1CC1. The molecule has 0 aromatic carbocycles. The summed E-state index contributed by atoms with van der Waals surface area (Å²) >= 11 is 0. The lowest BCUT2D eigenvalue weighted by molar-refractivity contribution is -0.162. The van der Waals surface area contributed by atoms with Gasteiger partial charge in [-0.05, 0) is 40.5 Å². The van der Waals surface area contributed by atoms with Gasteiger partial charge in [0.15, 0.2) is 5.78 Å². The molecule has 0 spiro atoms. The van der Waals surface area contributed by atoms with Crippen molar-refractivity contribution in [1.29, 1.82) is 0 Å². The zero-order valence-corrected chi connectivity index (χ0v) is 13.6. The van der Waals surface area contributed by atoms with Crippen LogP contribution in [-0.2, 0) is 28.6 Å². The van der Waals surface area contributed by atoms with E-state index in [-0.39, 0.29) is 6.10 Å². The van der Waals surface area contributed by atoms with E-state index in [0.29, 0.717) is 0 Å². The number of carbonyl (C=O) groups is 4. The molecule has 1 amide bonds. The van der Waals surface area contributed by atoms with E-state index in [0.717, 1.165) is 32.2 Å². The van der Waals surface area contributed by atoms with Gasteiger partial charge < -0.3 is 14.2 Å². The number of amides is 1. The van der Waals surface area contributed by atoms with Crippen molar-refractivity contribution < 1.29 is 33.4 Å². The monoisotopic (exact) mass is 327 g/mol. The summed E-state index contributed by atoms with van der Waals surface area (Å²) in [7, 11) is 0. The smallest absolute Gasteiger partial charge is 0.411 e. The summed E-state index contributed by atoms with van der Waals surface area (Å²) in [4.78, 5) is 46.2. The van der Waals surface area contributed by atoms with E-state index in [2.05, 4.69) is 10.1 Å². The van der Waals surface area contributed by atoms with Gasteiger partial charge in [-0.15, -0.1) is 0 Å². The highest BCUT2D eigenvalue weighted by Gasteiger charge is 2.37. The summed E-state index contributed by atoms with van der Waals surface area (Å²) < 4.78 is 14.5. The molecule has 0 aliphatic heterocycles. The van der Waals surface area contributed by atoms with Crippen molar-refractivity contribution in [3.05, 3.63) is 12.5 Å². The maximum absolute atomic E-state index is 11.8. The normalized spacial score (nSPS) is 15.7. The first-order valence-electron chi connectivity index (χ1n) is 7.16. The first-order chi connectivity index (χ1) is 10.6. The van der Waals surface area contributed by atoms with E-state index in [1.807, 2.05) is 0 Å². The molecule has 0 radical (unpaired) electrons. The third-order valence-corrected chi connectivity index (χ3v) is 2.54. The molecule has 0 aromatic rings. The van der Waals surface area contributed by atoms with Crippen LogP contribution >= 0.6 is 0 Å². The van der Waals surface area contributed by atoms with Gasteiger partial charge in [-0.25, -0.2) is 4.79 Å². The Hall–Kier alpha value is -2.38. The standard InChI is InChI=1S/C15H21NO7/c1-9(17)11(13(19)22-10-5-6-10)12(18)21-8-7-16-14(20)23-15(2,3)4/h7-8,10-11H,5-6H2,1-4H3,(H,16,20). The van der Waals surface area contributed by atoms with Crippen LogP contribution in [0.3, 0.4) is 0 Å². The number of rotatable bonds is 6. The number of ketones is 1. The Labute approximate surface area is 134 Å². The van der Waals surface area contributed by atoms with Gasteiger partial charge in [0.25, 0.3) is 0 Å². The first-order valence-corrected chi connectivity index (χ1v) is 7.16. The summed E-state index contributed by atoms with van der Waals surface area (Å²) in [5.41, 5.74) is -0.666. The van der Waals surface area contributed by atoms with Crippen LogP contribution in [0.2, 0.25) is 0 Å². The molecule has 128 valence electrons. The van der Waals surface area contributed by atoms with E-state index >= 15 is 0 Å². The van der Waals surface area contributed by atoms with Crippen molar-refractivity contribution in [2.45, 2.75) is 52.2 Å². The topological polar surface area (TPSA) is 108 Å². The van der Waals surface area contributed by atoms with Crippen molar-refractivity contribution in [1.82, 2.24) is 5.32 Å². The third-order valence-electron chi connectivity index (χ3n) is 2.54. The largest absolute Gasteiger partial charge is 0.461 e. The Kier molecular flexibility index (Phi) is 6.29. The molecule has 1 unspecified atom stereocenters. The van der Waals surface area contributed by atoms with E-state index in [4.69, 9.17) is 9.47 Å². The number of hydrogen-bond acceptors (Lipinski definition) is 7. The summed E-state index contributed by atoms with van der Waals surface area (Å²) in [5.74, 6) is -4.28. The fourth-order valence-corrected chi connectivity index (χ4v) is 1.43. The molecule has 23 heavy (non-hydrogen) atoms. The van der Waals surface area contributed by atoms with Gasteiger partial charge in [0.1, 0.15) is 18.0 Å². The second-order valence-corrected chi connectivity index (χ2v) is 6.07. The first kappa shape index (κ1) is 18.7. The highest BCUT2D eigenvalue weighted by Crippen LogP contribution is 2.25. The van der Waals surface area contributed by atoms with Crippen molar-refractivity contribution in [2.24, 2.45) is 5.92 Å². The number of alkyl carbamates (subject to hydrolysis) is 1. The van der Waals surface area contributed by atoms with Crippen LogP contribution in [-0.4, -0.2) is 35.5 Å². The average molecular weight is 327 g/mol. The van der Waals surface area contributed by atoms with Crippen LogP contribution in [0.1, 0.15) is 40.5 Å². The zero-order valence-electron chi connectivity index (χ0n) is 13.6. The average Bonchev–Trinajstić information content (AvgIpc) is 3.16. The molecule has 8 nitrogen and oxygen atoms in total. The van der Waals surface area contributed by atoms with Gasteiger partial charge >= 0.3 is 18.0 Å². The lowest BCUT2D eigenvalue weighted by atomic mass is 10.1. The number of esters is 2. The maximum Gasteiger partial charge on any atom is 0.411 e. The van der Waals surface area contributed by atoms with Gasteiger partial charge in [-0.1, -0.05) is 0 Å². The molecule has 1 aliphatic rings. The number of nitrogens with one attached hydrogen (secondary N) is 1. The second-order valence-electron chi connectivity index (χ2n) is 6.07. The molecular formula is C15H21NO7. The van der Waals surface area contributed by atoms with Gasteiger partial charge in [-0.2, -0.15) is 0 Å². The van der Waals surface area contributed by atoms with Crippen LogP contribution in [0.15, 0.2) is 12.5 Å². The van der Waals surface area contributed by atoms with E-state index in [1.54, 1.807) is 20.8 Å². The van der Waals surface area contributed by atoms with E-state index < -0.39 is 35.3 Å².